The van der Waals surface area contributed by atoms with E-state index in [1.165, 1.54) is 12.5 Å². The average molecular weight is 281 g/mol. The summed E-state index contributed by atoms with van der Waals surface area (Å²) < 4.78 is 6.85. The second-order valence-corrected chi connectivity index (χ2v) is 4.73. The predicted octanol–water partition coefficient (Wildman–Crippen LogP) is 2.53. The van der Waals surface area contributed by atoms with Crippen molar-refractivity contribution in [2.45, 2.75) is 6.04 Å². The first-order valence-electron chi connectivity index (χ1n) is 6.61. The minimum absolute atomic E-state index is 0.194. The van der Waals surface area contributed by atoms with Crippen LogP contribution in [0.3, 0.4) is 0 Å². The number of carbonyl (C=O) groups is 1. The van der Waals surface area contributed by atoms with Crippen molar-refractivity contribution in [3.05, 3.63) is 78.3 Å². The molecule has 0 aliphatic rings. The number of furan rings is 1. The quantitative estimate of drug-likeness (QED) is 0.799. The molecule has 0 unspecified atom stereocenters. The average Bonchev–Trinajstić information content (AvgIpc) is 3.17. The highest BCUT2D eigenvalue weighted by Crippen LogP contribution is 2.20. The molecule has 2 aromatic heterocycles. The van der Waals surface area contributed by atoms with Crippen LogP contribution in [0, 0.1) is 0 Å². The lowest BCUT2D eigenvalue weighted by Gasteiger charge is -2.18. The Labute approximate surface area is 122 Å². The van der Waals surface area contributed by atoms with Gasteiger partial charge in [-0.25, -0.2) is 4.98 Å². The lowest BCUT2D eigenvalue weighted by atomic mass is 10.1. The van der Waals surface area contributed by atoms with Crippen molar-refractivity contribution >= 4 is 5.91 Å². The Hall–Kier alpha value is -2.82. The maximum Gasteiger partial charge on any atom is 0.255 e. The largest absolute Gasteiger partial charge is 0.472 e. The zero-order valence-electron chi connectivity index (χ0n) is 11.6. The normalized spacial score (nSPS) is 12.0. The van der Waals surface area contributed by atoms with Gasteiger partial charge in [-0.05, 0) is 11.6 Å². The molecule has 1 aromatic carbocycles. The Balaban J connectivity index is 1.94. The molecule has 0 radical (unpaired) electrons. The first-order valence-corrected chi connectivity index (χ1v) is 6.61. The van der Waals surface area contributed by atoms with Gasteiger partial charge in [0, 0.05) is 19.4 Å². The number of amides is 1. The van der Waals surface area contributed by atoms with Crippen LogP contribution in [0.15, 0.2) is 65.7 Å². The Bertz CT molecular complexity index is 717. The molecule has 21 heavy (non-hydrogen) atoms. The van der Waals surface area contributed by atoms with Gasteiger partial charge in [0.15, 0.2) is 0 Å². The highest BCUT2D eigenvalue weighted by atomic mass is 16.3. The van der Waals surface area contributed by atoms with E-state index in [2.05, 4.69) is 10.3 Å². The van der Waals surface area contributed by atoms with Gasteiger partial charge in [0.1, 0.15) is 18.1 Å². The molecule has 0 aliphatic heterocycles. The number of rotatable bonds is 4. The SMILES string of the molecule is Cn1ccnc1[C@H](NC(=O)c1ccoc1)c1ccccc1. The third kappa shape index (κ3) is 2.72. The molecule has 1 N–H and O–H groups in total. The van der Waals surface area contributed by atoms with Gasteiger partial charge in [-0.15, -0.1) is 0 Å². The van der Waals surface area contributed by atoms with Gasteiger partial charge in [-0.2, -0.15) is 0 Å². The van der Waals surface area contributed by atoms with Crippen LogP contribution in [-0.4, -0.2) is 15.5 Å². The number of benzene rings is 1. The standard InChI is InChI=1S/C16H15N3O2/c1-19-9-8-17-15(19)14(12-5-3-2-4-6-12)18-16(20)13-7-10-21-11-13/h2-11,14H,1H3,(H,18,20)/t14-/m1/s1. The summed E-state index contributed by atoms with van der Waals surface area (Å²) in [5.74, 6) is 0.582. The van der Waals surface area contributed by atoms with E-state index in [4.69, 9.17) is 4.42 Å². The minimum atomic E-state index is -0.311. The third-order valence-electron chi connectivity index (χ3n) is 3.31. The van der Waals surface area contributed by atoms with Gasteiger partial charge in [0.2, 0.25) is 0 Å². The van der Waals surface area contributed by atoms with Crippen LogP contribution in [0.2, 0.25) is 0 Å². The third-order valence-corrected chi connectivity index (χ3v) is 3.31. The molecule has 3 rings (SSSR count). The number of hydrogen-bond acceptors (Lipinski definition) is 3. The molecule has 0 saturated heterocycles. The summed E-state index contributed by atoms with van der Waals surface area (Å²) in [6.45, 7) is 0. The Morgan fingerprint density at radius 3 is 2.71 bits per heavy atom. The van der Waals surface area contributed by atoms with Crippen molar-refractivity contribution in [1.29, 1.82) is 0 Å². The molecule has 1 amide bonds. The smallest absolute Gasteiger partial charge is 0.255 e. The van der Waals surface area contributed by atoms with Gasteiger partial charge >= 0.3 is 0 Å². The Morgan fingerprint density at radius 2 is 2.10 bits per heavy atom. The number of aryl methyl sites for hydroxylation is 1. The van der Waals surface area contributed by atoms with Crippen LogP contribution >= 0.6 is 0 Å². The molecule has 0 aliphatic carbocycles. The predicted molar refractivity (Wildman–Crippen MR) is 77.7 cm³/mol. The first-order chi connectivity index (χ1) is 10.3. The number of nitrogens with zero attached hydrogens (tertiary/aromatic N) is 2. The van der Waals surface area contributed by atoms with Gasteiger partial charge in [-0.1, -0.05) is 30.3 Å². The Morgan fingerprint density at radius 1 is 1.29 bits per heavy atom. The summed E-state index contributed by atoms with van der Waals surface area (Å²) in [6, 6.07) is 11.1. The molecule has 0 spiro atoms. The van der Waals surface area contributed by atoms with Crippen molar-refractivity contribution in [2.75, 3.05) is 0 Å². The molecule has 5 heteroatoms. The molecule has 0 fully saturated rings. The molecule has 106 valence electrons. The van der Waals surface area contributed by atoms with E-state index in [1.54, 1.807) is 12.3 Å². The van der Waals surface area contributed by atoms with Gasteiger partial charge in [-0.3, -0.25) is 4.79 Å². The van der Waals surface area contributed by atoms with E-state index in [-0.39, 0.29) is 11.9 Å². The maximum atomic E-state index is 12.3. The number of aromatic nitrogens is 2. The van der Waals surface area contributed by atoms with Crippen LogP contribution < -0.4 is 5.32 Å². The number of nitrogens with one attached hydrogen (secondary N) is 1. The molecule has 3 aromatic rings. The summed E-state index contributed by atoms with van der Waals surface area (Å²) in [5, 5.41) is 3.00. The fourth-order valence-electron chi connectivity index (χ4n) is 2.21. The monoisotopic (exact) mass is 281 g/mol. The lowest BCUT2D eigenvalue weighted by molar-refractivity contribution is 0.0940. The fraction of sp³-hybridized carbons (Fsp3) is 0.125. The summed E-state index contributed by atoms with van der Waals surface area (Å²) in [7, 11) is 1.91. The van der Waals surface area contributed by atoms with Crippen LogP contribution in [0.25, 0.3) is 0 Å². The summed E-state index contributed by atoms with van der Waals surface area (Å²) in [5.41, 5.74) is 1.47. The molecule has 2 heterocycles. The Kier molecular flexibility index (Phi) is 3.55. The zero-order valence-corrected chi connectivity index (χ0v) is 11.6. The number of hydrogen-bond donors (Lipinski definition) is 1. The molecular weight excluding hydrogens is 266 g/mol. The van der Waals surface area contributed by atoms with Crippen molar-refractivity contribution < 1.29 is 9.21 Å². The zero-order chi connectivity index (χ0) is 14.7. The summed E-state index contributed by atoms with van der Waals surface area (Å²) in [4.78, 5) is 16.6. The van der Waals surface area contributed by atoms with E-state index >= 15 is 0 Å². The molecule has 0 bridgehead atoms. The van der Waals surface area contributed by atoms with Gasteiger partial charge < -0.3 is 14.3 Å². The highest BCUT2D eigenvalue weighted by molar-refractivity contribution is 5.94. The van der Waals surface area contributed by atoms with Gasteiger partial charge in [0.25, 0.3) is 5.91 Å². The van der Waals surface area contributed by atoms with E-state index < -0.39 is 0 Å². The molecular formula is C16H15N3O2. The second kappa shape index (κ2) is 5.66. The lowest BCUT2D eigenvalue weighted by Crippen LogP contribution is -2.30. The number of carbonyl (C=O) groups excluding carboxylic acids is 1. The summed E-state index contributed by atoms with van der Waals surface area (Å²) >= 11 is 0. The van der Waals surface area contributed by atoms with Gasteiger partial charge in [0.05, 0.1) is 11.8 Å². The van der Waals surface area contributed by atoms with E-state index in [9.17, 15) is 4.79 Å². The van der Waals surface area contributed by atoms with Crippen LogP contribution in [0.5, 0.6) is 0 Å². The van der Waals surface area contributed by atoms with Crippen molar-refractivity contribution in [2.24, 2.45) is 7.05 Å². The van der Waals surface area contributed by atoms with Crippen molar-refractivity contribution in [3.63, 3.8) is 0 Å². The first kappa shape index (κ1) is 13.2. The van der Waals surface area contributed by atoms with Crippen LogP contribution in [0.4, 0.5) is 0 Å². The molecule has 1 atom stereocenters. The fourth-order valence-corrected chi connectivity index (χ4v) is 2.21. The van der Waals surface area contributed by atoms with E-state index in [0.29, 0.717) is 5.56 Å². The van der Waals surface area contributed by atoms with Crippen molar-refractivity contribution in [3.8, 4) is 0 Å². The van der Waals surface area contributed by atoms with E-state index in [0.717, 1.165) is 11.4 Å². The van der Waals surface area contributed by atoms with Crippen molar-refractivity contribution in [1.82, 2.24) is 14.9 Å². The maximum absolute atomic E-state index is 12.3. The molecule has 5 nitrogen and oxygen atoms in total. The number of imidazole rings is 1. The van der Waals surface area contributed by atoms with E-state index in [1.807, 2.05) is 48.1 Å². The molecule has 0 saturated carbocycles. The highest BCUT2D eigenvalue weighted by Gasteiger charge is 2.21. The topological polar surface area (TPSA) is 60.1 Å². The minimum Gasteiger partial charge on any atom is -0.472 e. The van der Waals surface area contributed by atoms with Crippen LogP contribution in [0.1, 0.15) is 27.8 Å². The van der Waals surface area contributed by atoms with Crippen LogP contribution in [-0.2, 0) is 7.05 Å². The summed E-state index contributed by atoms with van der Waals surface area (Å²) in [6.07, 6.45) is 6.48. The second-order valence-electron chi connectivity index (χ2n) is 4.73.